The van der Waals surface area contributed by atoms with E-state index in [9.17, 15) is 0 Å². The maximum Gasteiger partial charge on any atom is 0.191 e. The van der Waals surface area contributed by atoms with Crippen LogP contribution in [0.4, 0.5) is 0 Å². The third-order valence-electron chi connectivity index (χ3n) is 4.55. The first-order chi connectivity index (χ1) is 12.8. The van der Waals surface area contributed by atoms with E-state index in [-0.39, 0.29) is 0 Å². The van der Waals surface area contributed by atoms with Crippen molar-refractivity contribution in [2.45, 2.75) is 31.3 Å². The predicted molar refractivity (Wildman–Crippen MR) is 109 cm³/mol. The van der Waals surface area contributed by atoms with Crippen molar-refractivity contribution in [2.24, 2.45) is 0 Å². The van der Waals surface area contributed by atoms with Gasteiger partial charge in [0, 0.05) is 17.9 Å². The second-order valence-corrected chi connectivity index (χ2v) is 7.29. The summed E-state index contributed by atoms with van der Waals surface area (Å²) < 4.78 is 2.20. The molecule has 0 fully saturated rings. The molecule has 4 rings (SSSR count). The van der Waals surface area contributed by atoms with E-state index in [2.05, 4.69) is 95.3 Å². The molecule has 0 aliphatic heterocycles. The Hall–Kier alpha value is -2.59. The molecule has 0 unspecified atom stereocenters. The number of hydrogen-bond donors (Lipinski definition) is 0. The summed E-state index contributed by atoms with van der Waals surface area (Å²) in [7, 11) is 0. The number of aryl methyl sites for hydroxylation is 1. The van der Waals surface area contributed by atoms with Crippen LogP contribution in [-0.2, 0) is 12.3 Å². The molecule has 4 aromatic rings. The average molecular weight is 359 g/mol. The van der Waals surface area contributed by atoms with Crippen molar-refractivity contribution in [3.63, 3.8) is 0 Å². The van der Waals surface area contributed by atoms with Crippen molar-refractivity contribution in [1.82, 2.24) is 14.8 Å². The second-order valence-electron chi connectivity index (χ2n) is 6.35. The van der Waals surface area contributed by atoms with Gasteiger partial charge in [-0.3, -0.25) is 0 Å². The zero-order valence-corrected chi connectivity index (χ0v) is 15.8. The molecule has 0 amide bonds. The van der Waals surface area contributed by atoms with Crippen LogP contribution >= 0.6 is 11.8 Å². The van der Waals surface area contributed by atoms with Gasteiger partial charge in [0.05, 0.1) is 0 Å². The van der Waals surface area contributed by atoms with Crippen LogP contribution in [0.1, 0.15) is 18.1 Å². The average Bonchev–Trinajstić information content (AvgIpc) is 3.09. The van der Waals surface area contributed by atoms with Crippen LogP contribution in [0.2, 0.25) is 0 Å². The number of fused-ring (bicyclic) bond motifs is 1. The molecule has 0 saturated heterocycles. The van der Waals surface area contributed by atoms with Crippen molar-refractivity contribution in [3.05, 3.63) is 77.9 Å². The SMILES string of the molecule is CCn1c(SCc2cccc3ccccc23)nnc1-c1cccc(C)c1. The third-order valence-corrected chi connectivity index (χ3v) is 5.56. The predicted octanol–water partition coefficient (Wildman–Crippen LogP) is 5.72. The summed E-state index contributed by atoms with van der Waals surface area (Å²) in [6.07, 6.45) is 0. The van der Waals surface area contributed by atoms with Gasteiger partial charge in [0.25, 0.3) is 0 Å². The fourth-order valence-corrected chi connectivity index (χ4v) is 4.25. The van der Waals surface area contributed by atoms with Crippen LogP contribution in [-0.4, -0.2) is 14.8 Å². The van der Waals surface area contributed by atoms with E-state index in [1.165, 1.54) is 21.9 Å². The maximum absolute atomic E-state index is 4.47. The highest BCUT2D eigenvalue weighted by molar-refractivity contribution is 7.98. The Morgan fingerprint density at radius 1 is 0.923 bits per heavy atom. The molecule has 0 bridgehead atoms. The number of hydrogen-bond acceptors (Lipinski definition) is 3. The molecule has 130 valence electrons. The molecule has 3 aromatic carbocycles. The number of nitrogens with zero attached hydrogens (tertiary/aromatic N) is 3. The highest BCUT2D eigenvalue weighted by atomic mass is 32.2. The fraction of sp³-hybridized carbons (Fsp3) is 0.182. The molecule has 0 radical (unpaired) electrons. The first-order valence-corrected chi connectivity index (χ1v) is 9.84. The summed E-state index contributed by atoms with van der Waals surface area (Å²) >= 11 is 1.75. The lowest BCUT2D eigenvalue weighted by Crippen LogP contribution is -2.00. The van der Waals surface area contributed by atoms with E-state index in [0.717, 1.165) is 28.8 Å². The molecule has 0 aliphatic carbocycles. The van der Waals surface area contributed by atoms with Gasteiger partial charge in [0.15, 0.2) is 11.0 Å². The van der Waals surface area contributed by atoms with Gasteiger partial charge in [-0.15, -0.1) is 10.2 Å². The summed E-state index contributed by atoms with van der Waals surface area (Å²) in [5, 5.41) is 12.5. The van der Waals surface area contributed by atoms with Gasteiger partial charge in [0.1, 0.15) is 0 Å². The van der Waals surface area contributed by atoms with Gasteiger partial charge in [-0.25, -0.2) is 0 Å². The van der Waals surface area contributed by atoms with E-state index in [4.69, 9.17) is 0 Å². The zero-order chi connectivity index (χ0) is 17.9. The van der Waals surface area contributed by atoms with Crippen LogP contribution < -0.4 is 0 Å². The van der Waals surface area contributed by atoms with E-state index in [0.29, 0.717) is 0 Å². The van der Waals surface area contributed by atoms with E-state index in [1.54, 1.807) is 11.8 Å². The number of benzene rings is 3. The Morgan fingerprint density at radius 3 is 2.58 bits per heavy atom. The van der Waals surface area contributed by atoms with Gasteiger partial charge in [-0.2, -0.15) is 0 Å². The summed E-state index contributed by atoms with van der Waals surface area (Å²) in [4.78, 5) is 0. The minimum Gasteiger partial charge on any atom is -0.302 e. The zero-order valence-electron chi connectivity index (χ0n) is 15.0. The molecule has 1 heterocycles. The van der Waals surface area contributed by atoms with Gasteiger partial charge in [-0.05, 0) is 36.2 Å². The van der Waals surface area contributed by atoms with Crippen molar-refractivity contribution >= 4 is 22.5 Å². The Kier molecular flexibility index (Phi) is 4.76. The number of aromatic nitrogens is 3. The minimum absolute atomic E-state index is 0.855. The summed E-state index contributed by atoms with van der Waals surface area (Å²) in [6, 6.07) is 23.5. The lowest BCUT2D eigenvalue weighted by Gasteiger charge is -2.09. The molecule has 0 saturated carbocycles. The lowest BCUT2D eigenvalue weighted by molar-refractivity contribution is 0.687. The third kappa shape index (κ3) is 3.25. The normalized spacial score (nSPS) is 11.2. The second kappa shape index (κ2) is 7.34. The highest BCUT2D eigenvalue weighted by Crippen LogP contribution is 2.29. The van der Waals surface area contributed by atoms with Crippen LogP contribution in [0.25, 0.3) is 22.2 Å². The summed E-state index contributed by atoms with van der Waals surface area (Å²) in [6.45, 7) is 5.10. The summed E-state index contributed by atoms with van der Waals surface area (Å²) in [5.74, 6) is 1.82. The molecule has 0 N–H and O–H groups in total. The van der Waals surface area contributed by atoms with E-state index in [1.807, 2.05) is 0 Å². The molecule has 0 spiro atoms. The largest absolute Gasteiger partial charge is 0.302 e. The van der Waals surface area contributed by atoms with Crippen LogP contribution in [0.3, 0.4) is 0 Å². The first-order valence-electron chi connectivity index (χ1n) is 8.86. The smallest absolute Gasteiger partial charge is 0.191 e. The molecular weight excluding hydrogens is 338 g/mol. The molecule has 0 atom stereocenters. The molecule has 1 aromatic heterocycles. The van der Waals surface area contributed by atoms with E-state index >= 15 is 0 Å². The molecular formula is C22H21N3S. The van der Waals surface area contributed by atoms with Crippen LogP contribution in [0.15, 0.2) is 71.9 Å². The monoisotopic (exact) mass is 359 g/mol. The van der Waals surface area contributed by atoms with Gasteiger partial charge in [-0.1, -0.05) is 78.0 Å². The standard InChI is InChI=1S/C22H21N3S/c1-3-25-21(18-11-6-8-16(2)14-18)23-24-22(25)26-15-19-12-7-10-17-9-4-5-13-20(17)19/h4-14H,3,15H2,1-2H3. The van der Waals surface area contributed by atoms with Crippen LogP contribution in [0.5, 0.6) is 0 Å². The Morgan fingerprint density at radius 2 is 1.73 bits per heavy atom. The lowest BCUT2D eigenvalue weighted by atomic mass is 10.1. The summed E-state index contributed by atoms with van der Waals surface area (Å²) in [5.41, 5.74) is 3.69. The maximum atomic E-state index is 4.47. The van der Waals surface area contributed by atoms with Gasteiger partial charge >= 0.3 is 0 Å². The Bertz CT molecular complexity index is 1050. The van der Waals surface area contributed by atoms with E-state index < -0.39 is 0 Å². The van der Waals surface area contributed by atoms with Gasteiger partial charge in [0.2, 0.25) is 0 Å². The topological polar surface area (TPSA) is 30.7 Å². The van der Waals surface area contributed by atoms with Crippen molar-refractivity contribution in [3.8, 4) is 11.4 Å². The highest BCUT2D eigenvalue weighted by Gasteiger charge is 2.13. The number of rotatable bonds is 5. The molecule has 4 heteroatoms. The minimum atomic E-state index is 0.855. The molecule has 3 nitrogen and oxygen atoms in total. The van der Waals surface area contributed by atoms with Crippen molar-refractivity contribution < 1.29 is 0 Å². The Labute approximate surface area is 158 Å². The van der Waals surface area contributed by atoms with Crippen molar-refractivity contribution in [1.29, 1.82) is 0 Å². The number of thioether (sulfide) groups is 1. The van der Waals surface area contributed by atoms with Crippen molar-refractivity contribution in [2.75, 3.05) is 0 Å². The quantitative estimate of drug-likeness (QED) is 0.427. The molecule has 26 heavy (non-hydrogen) atoms. The Balaban J connectivity index is 1.63. The fourth-order valence-electron chi connectivity index (χ4n) is 3.24. The molecule has 0 aliphatic rings. The first kappa shape index (κ1) is 16.9. The van der Waals surface area contributed by atoms with Crippen LogP contribution in [0, 0.1) is 6.92 Å². The van der Waals surface area contributed by atoms with Gasteiger partial charge < -0.3 is 4.57 Å².